The molecular weight excluding hydrogens is 330 g/mol. The van der Waals surface area contributed by atoms with Crippen LogP contribution in [0.4, 0.5) is 11.4 Å². The van der Waals surface area contributed by atoms with E-state index < -0.39 is 0 Å². The first-order valence-electron chi connectivity index (χ1n) is 8.55. The van der Waals surface area contributed by atoms with E-state index in [2.05, 4.69) is 15.4 Å². The van der Waals surface area contributed by atoms with Crippen LogP contribution < -0.4 is 10.2 Å². The number of fused-ring (bicyclic) bond motifs is 1. The maximum Gasteiger partial charge on any atom is 0.259 e. The van der Waals surface area contributed by atoms with Crippen molar-refractivity contribution in [1.29, 1.82) is 0 Å². The molecule has 0 spiro atoms. The molecule has 0 unspecified atom stereocenters. The van der Waals surface area contributed by atoms with Gasteiger partial charge in [0.2, 0.25) is 5.91 Å². The van der Waals surface area contributed by atoms with E-state index in [1.54, 1.807) is 49.0 Å². The van der Waals surface area contributed by atoms with Crippen molar-refractivity contribution in [2.45, 2.75) is 32.7 Å². The van der Waals surface area contributed by atoms with Gasteiger partial charge < -0.3 is 10.2 Å². The van der Waals surface area contributed by atoms with E-state index >= 15 is 0 Å². The molecule has 1 N–H and O–H groups in total. The van der Waals surface area contributed by atoms with E-state index in [-0.39, 0.29) is 11.8 Å². The summed E-state index contributed by atoms with van der Waals surface area (Å²) in [6.07, 6.45) is 5.40. The zero-order valence-electron chi connectivity index (χ0n) is 14.6. The van der Waals surface area contributed by atoms with Gasteiger partial charge >= 0.3 is 0 Å². The van der Waals surface area contributed by atoms with Crippen LogP contribution in [0.25, 0.3) is 5.65 Å². The average molecular weight is 349 g/mol. The second kappa shape index (κ2) is 6.25. The first-order valence-corrected chi connectivity index (χ1v) is 8.55. The lowest BCUT2D eigenvalue weighted by atomic mass is 10.2. The van der Waals surface area contributed by atoms with Gasteiger partial charge in [-0.2, -0.15) is 5.10 Å². The quantitative estimate of drug-likeness (QED) is 0.785. The molecule has 1 saturated carbocycles. The van der Waals surface area contributed by atoms with Gasteiger partial charge in [0, 0.05) is 36.6 Å². The number of nitrogens with zero attached hydrogens (tertiary/aromatic N) is 4. The van der Waals surface area contributed by atoms with Crippen molar-refractivity contribution in [1.82, 2.24) is 14.6 Å². The minimum absolute atomic E-state index is 0.0403. The molecule has 26 heavy (non-hydrogen) atoms. The summed E-state index contributed by atoms with van der Waals surface area (Å²) in [6.45, 7) is 3.38. The van der Waals surface area contributed by atoms with E-state index in [4.69, 9.17) is 0 Å². The molecule has 4 rings (SSSR count). The van der Waals surface area contributed by atoms with Crippen molar-refractivity contribution in [3.05, 3.63) is 54.0 Å². The Balaban J connectivity index is 1.53. The van der Waals surface area contributed by atoms with Crippen molar-refractivity contribution in [3.63, 3.8) is 0 Å². The molecule has 1 aliphatic carbocycles. The van der Waals surface area contributed by atoms with Crippen molar-refractivity contribution in [3.8, 4) is 0 Å². The first-order chi connectivity index (χ1) is 12.5. The normalized spacial score (nSPS) is 13.6. The Morgan fingerprint density at radius 3 is 2.58 bits per heavy atom. The van der Waals surface area contributed by atoms with Crippen molar-refractivity contribution < 1.29 is 9.59 Å². The number of aryl methyl sites for hydroxylation is 1. The largest absolute Gasteiger partial charge is 0.322 e. The van der Waals surface area contributed by atoms with Crippen LogP contribution in [0.2, 0.25) is 0 Å². The molecule has 1 aromatic carbocycles. The molecule has 0 saturated heterocycles. The monoisotopic (exact) mass is 349 g/mol. The summed E-state index contributed by atoms with van der Waals surface area (Å²) >= 11 is 0. The second-order valence-electron chi connectivity index (χ2n) is 6.50. The van der Waals surface area contributed by atoms with Crippen LogP contribution in [0.1, 0.15) is 35.8 Å². The van der Waals surface area contributed by atoms with Gasteiger partial charge in [0.1, 0.15) is 0 Å². The van der Waals surface area contributed by atoms with Crippen LogP contribution in [0.3, 0.4) is 0 Å². The Morgan fingerprint density at radius 2 is 1.92 bits per heavy atom. The highest BCUT2D eigenvalue weighted by molar-refractivity contribution is 6.05. The fourth-order valence-corrected chi connectivity index (χ4v) is 3.05. The Bertz CT molecular complexity index is 989. The topological polar surface area (TPSA) is 79.6 Å². The van der Waals surface area contributed by atoms with E-state index in [0.717, 1.165) is 18.5 Å². The lowest BCUT2D eigenvalue weighted by Crippen LogP contribution is -2.30. The van der Waals surface area contributed by atoms with Crippen molar-refractivity contribution in [2.75, 3.05) is 10.2 Å². The predicted octanol–water partition coefficient (Wildman–Crippen LogP) is 2.81. The summed E-state index contributed by atoms with van der Waals surface area (Å²) in [5, 5.41) is 6.99. The Hall–Kier alpha value is -3.22. The Morgan fingerprint density at radius 1 is 1.19 bits per heavy atom. The third kappa shape index (κ3) is 3.03. The van der Waals surface area contributed by atoms with Crippen LogP contribution >= 0.6 is 0 Å². The van der Waals surface area contributed by atoms with Gasteiger partial charge in [0.25, 0.3) is 5.91 Å². The van der Waals surface area contributed by atoms with Gasteiger partial charge in [-0.15, -0.1) is 0 Å². The minimum atomic E-state index is -0.245. The highest BCUT2D eigenvalue weighted by Crippen LogP contribution is 2.32. The molecule has 2 amide bonds. The van der Waals surface area contributed by atoms with Gasteiger partial charge in [-0.25, -0.2) is 9.50 Å². The lowest BCUT2D eigenvalue weighted by Gasteiger charge is -2.21. The standard InChI is InChI=1S/C19H19N5O2/c1-12-17(11-23-18(21-12)9-10-20-23)19(26)22-14-3-5-15(6-4-14)24(13(2)25)16-7-8-16/h3-6,9-11,16H,7-8H2,1-2H3,(H,22,26). The molecule has 7 nitrogen and oxygen atoms in total. The minimum Gasteiger partial charge on any atom is -0.322 e. The molecule has 3 aromatic rings. The summed E-state index contributed by atoms with van der Waals surface area (Å²) < 4.78 is 1.57. The van der Waals surface area contributed by atoms with Crippen LogP contribution in [0.5, 0.6) is 0 Å². The van der Waals surface area contributed by atoms with Gasteiger partial charge in [-0.3, -0.25) is 9.59 Å². The average Bonchev–Trinajstić information content (AvgIpc) is 3.32. The van der Waals surface area contributed by atoms with Crippen LogP contribution in [0, 0.1) is 6.92 Å². The predicted molar refractivity (Wildman–Crippen MR) is 98.3 cm³/mol. The second-order valence-corrected chi connectivity index (χ2v) is 6.50. The molecular formula is C19H19N5O2. The maximum absolute atomic E-state index is 12.6. The number of amides is 2. The molecule has 0 atom stereocenters. The molecule has 0 bridgehead atoms. The summed E-state index contributed by atoms with van der Waals surface area (Å²) in [5.41, 5.74) is 3.33. The van der Waals surface area contributed by atoms with E-state index in [1.165, 1.54) is 0 Å². The summed E-state index contributed by atoms with van der Waals surface area (Å²) in [6, 6.07) is 9.42. The SMILES string of the molecule is CC(=O)N(c1ccc(NC(=O)c2cn3nccc3nc2C)cc1)C1CC1. The lowest BCUT2D eigenvalue weighted by molar-refractivity contribution is -0.116. The zero-order valence-corrected chi connectivity index (χ0v) is 14.6. The molecule has 0 radical (unpaired) electrons. The molecule has 7 heteroatoms. The molecule has 0 aliphatic heterocycles. The van der Waals surface area contributed by atoms with Gasteiger partial charge in [-0.05, 0) is 44.0 Å². The Labute approximate surface area is 150 Å². The fourth-order valence-electron chi connectivity index (χ4n) is 3.05. The summed E-state index contributed by atoms with van der Waals surface area (Å²) in [5.74, 6) is -0.204. The third-order valence-electron chi connectivity index (χ3n) is 4.47. The van der Waals surface area contributed by atoms with Crippen LogP contribution in [-0.4, -0.2) is 32.5 Å². The van der Waals surface area contributed by atoms with Crippen molar-refractivity contribution in [2.24, 2.45) is 0 Å². The molecule has 2 heterocycles. The molecule has 2 aromatic heterocycles. The van der Waals surface area contributed by atoms with Crippen LogP contribution in [-0.2, 0) is 4.79 Å². The zero-order chi connectivity index (χ0) is 18.3. The van der Waals surface area contributed by atoms with E-state index in [1.807, 2.05) is 17.0 Å². The first kappa shape index (κ1) is 16.3. The highest BCUT2D eigenvalue weighted by atomic mass is 16.2. The third-order valence-corrected chi connectivity index (χ3v) is 4.47. The Kier molecular flexibility index (Phi) is 3.91. The fraction of sp³-hybridized carbons (Fsp3) is 0.263. The van der Waals surface area contributed by atoms with E-state index in [9.17, 15) is 9.59 Å². The number of benzene rings is 1. The van der Waals surface area contributed by atoms with Gasteiger partial charge in [-0.1, -0.05) is 0 Å². The van der Waals surface area contributed by atoms with Crippen LogP contribution in [0.15, 0.2) is 42.7 Å². The number of carbonyl (C=O) groups excluding carboxylic acids is 2. The number of hydrogen-bond donors (Lipinski definition) is 1. The van der Waals surface area contributed by atoms with Crippen molar-refractivity contribution >= 4 is 28.8 Å². The summed E-state index contributed by atoms with van der Waals surface area (Å²) in [7, 11) is 0. The number of hydrogen-bond acceptors (Lipinski definition) is 4. The smallest absolute Gasteiger partial charge is 0.259 e. The molecule has 1 fully saturated rings. The highest BCUT2D eigenvalue weighted by Gasteiger charge is 2.31. The number of aromatic nitrogens is 3. The number of anilines is 2. The molecule has 132 valence electrons. The van der Waals surface area contributed by atoms with Gasteiger partial charge in [0.15, 0.2) is 5.65 Å². The molecule has 1 aliphatic rings. The van der Waals surface area contributed by atoms with Gasteiger partial charge in [0.05, 0.1) is 17.5 Å². The van der Waals surface area contributed by atoms with E-state index in [0.29, 0.717) is 28.6 Å². The maximum atomic E-state index is 12.6. The number of carbonyl (C=O) groups is 2. The summed E-state index contributed by atoms with van der Waals surface area (Å²) in [4.78, 5) is 30.6. The number of nitrogens with one attached hydrogen (secondary N) is 1. The number of rotatable bonds is 4.